The molecule has 0 unspecified atom stereocenters. The van der Waals surface area contributed by atoms with Gasteiger partial charge in [0.2, 0.25) is 0 Å². The van der Waals surface area contributed by atoms with Gasteiger partial charge >= 0.3 is 0 Å². The third kappa shape index (κ3) is 3.38. The van der Waals surface area contributed by atoms with E-state index in [0.717, 1.165) is 6.07 Å². The fraction of sp³-hybridized carbons (Fsp3) is 0.0714. The maximum absolute atomic E-state index is 13.1. The van der Waals surface area contributed by atoms with Crippen molar-refractivity contribution < 1.29 is 17.6 Å². The molecule has 0 amide bonds. The Bertz CT molecular complexity index is 804. The molecule has 0 atom stereocenters. The third-order valence-corrected chi connectivity index (χ3v) is 4.18. The summed E-state index contributed by atoms with van der Waals surface area (Å²) in [6, 6.07) is 9.15. The number of sulfonamides is 1. The predicted molar refractivity (Wildman–Crippen MR) is 78.1 cm³/mol. The SMILES string of the molecule is CC(=O)c1cccc(S(=O)(=O)Nc2ccc(F)c(N)c2)c1. The maximum Gasteiger partial charge on any atom is 0.261 e. The van der Waals surface area contributed by atoms with E-state index < -0.39 is 15.8 Å². The van der Waals surface area contributed by atoms with E-state index in [4.69, 9.17) is 5.73 Å². The largest absolute Gasteiger partial charge is 0.396 e. The van der Waals surface area contributed by atoms with E-state index >= 15 is 0 Å². The fourth-order valence-corrected chi connectivity index (χ4v) is 2.80. The zero-order chi connectivity index (χ0) is 15.6. The monoisotopic (exact) mass is 308 g/mol. The van der Waals surface area contributed by atoms with Gasteiger partial charge in [0.05, 0.1) is 16.3 Å². The molecule has 110 valence electrons. The number of Topliss-reactive ketones (excluding diaryl/α,β-unsaturated/α-hetero) is 1. The molecule has 0 aromatic heterocycles. The molecular formula is C14H13FN2O3S. The number of hydrogen-bond acceptors (Lipinski definition) is 4. The molecule has 0 radical (unpaired) electrons. The Morgan fingerprint density at radius 3 is 2.52 bits per heavy atom. The second kappa shape index (κ2) is 5.53. The Morgan fingerprint density at radius 2 is 1.90 bits per heavy atom. The van der Waals surface area contributed by atoms with Gasteiger partial charge in [0.25, 0.3) is 10.0 Å². The van der Waals surface area contributed by atoms with E-state index in [2.05, 4.69) is 4.72 Å². The van der Waals surface area contributed by atoms with Gasteiger partial charge in [0, 0.05) is 5.56 Å². The summed E-state index contributed by atoms with van der Waals surface area (Å²) < 4.78 is 39.8. The van der Waals surface area contributed by atoms with Gasteiger partial charge in [-0.1, -0.05) is 12.1 Å². The molecule has 0 saturated heterocycles. The van der Waals surface area contributed by atoms with E-state index in [1.807, 2.05) is 0 Å². The first kappa shape index (κ1) is 15.0. The topological polar surface area (TPSA) is 89.3 Å². The number of nitrogens with one attached hydrogen (secondary N) is 1. The van der Waals surface area contributed by atoms with Crippen LogP contribution in [0.4, 0.5) is 15.8 Å². The lowest BCUT2D eigenvalue weighted by Crippen LogP contribution is -2.13. The van der Waals surface area contributed by atoms with Gasteiger partial charge in [0.15, 0.2) is 5.78 Å². The van der Waals surface area contributed by atoms with Crippen LogP contribution in [-0.2, 0) is 10.0 Å². The van der Waals surface area contributed by atoms with E-state index in [1.54, 1.807) is 0 Å². The average molecular weight is 308 g/mol. The minimum absolute atomic E-state index is 0.0573. The molecule has 0 fully saturated rings. The molecule has 2 aromatic carbocycles. The number of nitrogens with two attached hydrogens (primary N) is 1. The molecule has 0 bridgehead atoms. The van der Waals surface area contributed by atoms with Crippen LogP contribution in [0.25, 0.3) is 0 Å². The Morgan fingerprint density at radius 1 is 1.19 bits per heavy atom. The Hall–Kier alpha value is -2.41. The van der Waals surface area contributed by atoms with Crippen molar-refractivity contribution in [2.75, 3.05) is 10.5 Å². The van der Waals surface area contributed by atoms with Crippen LogP contribution in [0.5, 0.6) is 0 Å². The molecule has 0 aliphatic carbocycles. The molecule has 0 saturated carbocycles. The molecule has 7 heteroatoms. The van der Waals surface area contributed by atoms with E-state index in [9.17, 15) is 17.6 Å². The molecule has 5 nitrogen and oxygen atoms in total. The molecule has 3 N–H and O–H groups in total. The number of hydrogen-bond donors (Lipinski definition) is 2. The maximum atomic E-state index is 13.1. The Labute approximate surface area is 121 Å². The molecule has 2 rings (SSSR count). The number of carbonyl (C=O) groups is 1. The molecule has 2 aromatic rings. The van der Waals surface area contributed by atoms with Gasteiger partial charge in [-0.05, 0) is 37.3 Å². The summed E-state index contributed by atoms with van der Waals surface area (Å²) >= 11 is 0. The normalized spacial score (nSPS) is 11.1. The van der Waals surface area contributed by atoms with E-state index in [0.29, 0.717) is 0 Å². The first-order valence-corrected chi connectivity index (χ1v) is 7.47. The summed E-state index contributed by atoms with van der Waals surface area (Å²) in [5.74, 6) is -0.866. The minimum Gasteiger partial charge on any atom is -0.396 e. The van der Waals surface area contributed by atoms with Gasteiger partial charge in [-0.25, -0.2) is 12.8 Å². The average Bonchev–Trinajstić information content (AvgIpc) is 2.43. The summed E-state index contributed by atoms with van der Waals surface area (Å²) in [5.41, 5.74) is 5.66. The van der Waals surface area contributed by atoms with Gasteiger partial charge in [-0.15, -0.1) is 0 Å². The van der Waals surface area contributed by atoms with Crippen LogP contribution in [0, 0.1) is 5.82 Å². The lowest BCUT2D eigenvalue weighted by Gasteiger charge is -2.09. The van der Waals surface area contributed by atoms with Crippen molar-refractivity contribution in [3.05, 3.63) is 53.8 Å². The summed E-state index contributed by atoms with van der Waals surface area (Å²) in [4.78, 5) is 11.2. The predicted octanol–water partition coefficient (Wildman–Crippen LogP) is 2.41. The number of anilines is 2. The van der Waals surface area contributed by atoms with Crippen LogP contribution in [0.15, 0.2) is 47.4 Å². The zero-order valence-electron chi connectivity index (χ0n) is 11.1. The second-order valence-electron chi connectivity index (χ2n) is 4.43. The standard InChI is InChI=1S/C14H13FN2O3S/c1-9(18)10-3-2-4-12(7-10)21(19,20)17-11-5-6-13(15)14(16)8-11/h2-8,17H,16H2,1H3. The smallest absolute Gasteiger partial charge is 0.261 e. The quantitative estimate of drug-likeness (QED) is 0.670. The van der Waals surface area contributed by atoms with Crippen LogP contribution in [-0.4, -0.2) is 14.2 Å². The molecule has 0 aliphatic rings. The van der Waals surface area contributed by atoms with Crippen LogP contribution >= 0.6 is 0 Å². The first-order chi connectivity index (χ1) is 9.79. The molecular weight excluding hydrogens is 295 g/mol. The highest BCUT2D eigenvalue weighted by molar-refractivity contribution is 7.92. The highest BCUT2D eigenvalue weighted by Crippen LogP contribution is 2.20. The summed E-state index contributed by atoms with van der Waals surface area (Å²) in [7, 11) is -3.88. The number of benzene rings is 2. The molecule has 0 heterocycles. The second-order valence-corrected chi connectivity index (χ2v) is 6.11. The van der Waals surface area contributed by atoms with Crippen molar-refractivity contribution in [2.45, 2.75) is 11.8 Å². The minimum atomic E-state index is -3.88. The Balaban J connectivity index is 2.36. The van der Waals surface area contributed by atoms with Crippen molar-refractivity contribution in [3.8, 4) is 0 Å². The number of ketones is 1. The van der Waals surface area contributed by atoms with Gasteiger partial charge in [-0.3, -0.25) is 9.52 Å². The lowest BCUT2D eigenvalue weighted by molar-refractivity contribution is 0.101. The highest BCUT2D eigenvalue weighted by atomic mass is 32.2. The highest BCUT2D eigenvalue weighted by Gasteiger charge is 2.16. The summed E-state index contributed by atoms with van der Waals surface area (Å²) in [6.07, 6.45) is 0. The van der Waals surface area contributed by atoms with E-state index in [1.165, 1.54) is 43.3 Å². The van der Waals surface area contributed by atoms with E-state index in [-0.39, 0.29) is 27.6 Å². The third-order valence-electron chi connectivity index (χ3n) is 2.80. The van der Waals surface area contributed by atoms with Gasteiger partial charge in [-0.2, -0.15) is 0 Å². The van der Waals surface area contributed by atoms with Crippen molar-refractivity contribution in [1.82, 2.24) is 0 Å². The molecule has 0 spiro atoms. The first-order valence-electron chi connectivity index (χ1n) is 5.98. The van der Waals surface area contributed by atoms with Crippen molar-refractivity contribution in [1.29, 1.82) is 0 Å². The van der Waals surface area contributed by atoms with Crippen LogP contribution < -0.4 is 10.5 Å². The Kier molecular flexibility index (Phi) is 3.95. The number of rotatable bonds is 4. The molecule has 0 aliphatic heterocycles. The zero-order valence-corrected chi connectivity index (χ0v) is 11.9. The number of halogens is 1. The number of nitrogen functional groups attached to an aromatic ring is 1. The van der Waals surface area contributed by atoms with Crippen LogP contribution in [0.2, 0.25) is 0 Å². The lowest BCUT2D eigenvalue weighted by atomic mass is 10.2. The summed E-state index contributed by atoms with van der Waals surface area (Å²) in [6.45, 7) is 1.35. The van der Waals surface area contributed by atoms with Crippen LogP contribution in [0.3, 0.4) is 0 Å². The fourth-order valence-electron chi connectivity index (χ4n) is 1.70. The van der Waals surface area contributed by atoms with Crippen molar-refractivity contribution in [2.24, 2.45) is 0 Å². The summed E-state index contributed by atoms with van der Waals surface area (Å²) in [5, 5.41) is 0. The van der Waals surface area contributed by atoms with Crippen molar-refractivity contribution >= 4 is 27.2 Å². The van der Waals surface area contributed by atoms with Crippen molar-refractivity contribution in [3.63, 3.8) is 0 Å². The van der Waals surface area contributed by atoms with Crippen LogP contribution in [0.1, 0.15) is 17.3 Å². The molecule has 21 heavy (non-hydrogen) atoms. The number of carbonyl (C=O) groups excluding carboxylic acids is 1. The van der Waals surface area contributed by atoms with Gasteiger partial charge in [0.1, 0.15) is 5.82 Å². The van der Waals surface area contributed by atoms with Gasteiger partial charge < -0.3 is 5.73 Å².